The van der Waals surface area contributed by atoms with Crippen LogP contribution in [0.1, 0.15) is 72.6 Å². The molecule has 1 aliphatic heterocycles. The van der Waals surface area contributed by atoms with Gasteiger partial charge in [0.15, 0.2) is 5.69 Å². The van der Waals surface area contributed by atoms with Crippen LogP contribution in [0.5, 0.6) is 5.75 Å². The number of pyridine rings is 1. The second-order valence-corrected chi connectivity index (χ2v) is 13.4. The maximum Gasteiger partial charge on any atom is 0.278 e. The van der Waals surface area contributed by atoms with Crippen LogP contribution in [0.25, 0.3) is 16.4 Å². The molecule has 0 aliphatic carbocycles. The minimum atomic E-state index is -0.512. The van der Waals surface area contributed by atoms with Crippen molar-refractivity contribution in [2.45, 2.75) is 58.6 Å². The van der Waals surface area contributed by atoms with Gasteiger partial charge in [0, 0.05) is 42.2 Å². The Morgan fingerprint density at radius 3 is 2.60 bits per heavy atom. The summed E-state index contributed by atoms with van der Waals surface area (Å²) in [4.78, 5) is 33.1. The molecule has 0 spiro atoms. The molecule has 45 heavy (non-hydrogen) atoms. The van der Waals surface area contributed by atoms with Gasteiger partial charge < -0.3 is 24.5 Å². The first-order chi connectivity index (χ1) is 21.3. The van der Waals surface area contributed by atoms with Crippen molar-refractivity contribution >= 4 is 51.2 Å². The fourth-order valence-corrected chi connectivity index (χ4v) is 5.89. The average molecular weight is 630 g/mol. The molecule has 0 saturated carbocycles. The second kappa shape index (κ2) is 11.1. The first-order valence-corrected chi connectivity index (χ1v) is 15.3. The van der Waals surface area contributed by atoms with Crippen LogP contribution in [0.3, 0.4) is 0 Å². The van der Waals surface area contributed by atoms with Crippen LogP contribution >= 0.6 is 11.6 Å². The van der Waals surface area contributed by atoms with Gasteiger partial charge in [-0.25, -0.2) is 9.67 Å². The van der Waals surface area contributed by atoms with Crippen LogP contribution in [0.2, 0.25) is 0 Å². The number of aromatic hydroxyl groups is 1. The average Bonchev–Trinajstić information content (AvgIpc) is 3.73. The van der Waals surface area contributed by atoms with Crippen molar-refractivity contribution in [2.24, 2.45) is 0 Å². The molecule has 0 radical (unpaired) electrons. The Hall–Kier alpha value is -4.48. The highest BCUT2D eigenvalue weighted by Gasteiger charge is 2.36. The van der Waals surface area contributed by atoms with Crippen LogP contribution in [-0.4, -0.2) is 65.9 Å². The molecule has 0 fully saturated rings. The van der Waals surface area contributed by atoms with E-state index >= 15 is 0 Å². The van der Waals surface area contributed by atoms with E-state index in [1.165, 1.54) is 0 Å². The fourth-order valence-electron chi connectivity index (χ4n) is 5.64. The van der Waals surface area contributed by atoms with E-state index < -0.39 is 11.4 Å². The summed E-state index contributed by atoms with van der Waals surface area (Å²) in [5.41, 5.74) is 3.20. The third-order valence-electron chi connectivity index (χ3n) is 8.03. The van der Waals surface area contributed by atoms with E-state index in [2.05, 4.69) is 20.6 Å². The Kier molecular flexibility index (Phi) is 7.57. The number of rotatable bonds is 7. The molecule has 4 heterocycles. The van der Waals surface area contributed by atoms with E-state index in [4.69, 9.17) is 16.3 Å². The van der Waals surface area contributed by atoms with E-state index in [-0.39, 0.29) is 34.6 Å². The van der Waals surface area contributed by atoms with E-state index in [1.54, 1.807) is 50.8 Å². The number of fused-ring (bicyclic) bond motifs is 4. The quantitative estimate of drug-likeness (QED) is 0.215. The minimum absolute atomic E-state index is 0.0942. The zero-order valence-corrected chi connectivity index (χ0v) is 26.9. The van der Waals surface area contributed by atoms with E-state index in [9.17, 15) is 14.7 Å². The molecule has 2 amide bonds. The number of nitrogens with one attached hydrogen (secondary N) is 1. The monoisotopic (exact) mass is 629 g/mol. The number of alkyl halides is 1. The summed E-state index contributed by atoms with van der Waals surface area (Å²) >= 11 is 6.40. The fraction of sp³-hybridized carbons (Fsp3) is 0.364. The molecule has 0 bridgehead atoms. The molecular formula is C33H36ClN7O4. The zero-order valence-electron chi connectivity index (χ0n) is 26.1. The van der Waals surface area contributed by atoms with Gasteiger partial charge in [0.1, 0.15) is 17.1 Å². The summed E-state index contributed by atoms with van der Waals surface area (Å²) in [7, 11) is 0. The van der Waals surface area contributed by atoms with Crippen LogP contribution in [0, 0.1) is 6.92 Å². The van der Waals surface area contributed by atoms with E-state index in [0.717, 1.165) is 21.9 Å². The van der Waals surface area contributed by atoms with Crippen molar-refractivity contribution in [1.82, 2.24) is 24.4 Å². The number of amides is 2. The number of halogens is 1. The summed E-state index contributed by atoms with van der Waals surface area (Å²) in [6, 6.07) is 10.8. The molecule has 12 heteroatoms. The van der Waals surface area contributed by atoms with Crippen LogP contribution < -0.4 is 10.2 Å². The van der Waals surface area contributed by atoms with Crippen LogP contribution in [0.4, 0.5) is 11.4 Å². The van der Waals surface area contributed by atoms with Crippen molar-refractivity contribution in [3.8, 4) is 5.75 Å². The number of aromatic nitrogens is 5. The molecule has 0 saturated heterocycles. The summed E-state index contributed by atoms with van der Waals surface area (Å²) in [5, 5.41) is 23.6. The third kappa shape index (κ3) is 5.73. The number of benzene rings is 2. The van der Waals surface area contributed by atoms with E-state index in [0.29, 0.717) is 36.1 Å². The highest BCUT2D eigenvalue weighted by Crippen LogP contribution is 2.46. The summed E-state index contributed by atoms with van der Waals surface area (Å²) in [6.07, 6.45) is 4.91. The van der Waals surface area contributed by atoms with Crippen LogP contribution in [0.15, 0.2) is 55.0 Å². The first kappa shape index (κ1) is 30.5. The highest BCUT2D eigenvalue weighted by atomic mass is 35.5. The van der Waals surface area contributed by atoms with Gasteiger partial charge in [0.2, 0.25) is 0 Å². The molecule has 5 aromatic rings. The summed E-state index contributed by atoms with van der Waals surface area (Å²) < 4.78 is 9.23. The van der Waals surface area contributed by atoms with Crippen molar-refractivity contribution < 1.29 is 19.4 Å². The number of aryl methyl sites for hydroxylation is 1. The number of phenols is 1. The number of nitrogens with zero attached hydrogens (tertiary/aromatic N) is 6. The predicted molar refractivity (Wildman–Crippen MR) is 174 cm³/mol. The molecule has 0 unspecified atom stereocenters. The van der Waals surface area contributed by atoms with Gasteiger partial charge in [-0.2, -0.15) is 0 Å². The number of carbonyl (C=O) groups is 2. The van der Waals surface area contributed by atoms with Crippen molar-refractivity contribution in [1.29, 1.82) is 0 Å². The molecule has 6 rings (SSSR count). The van der Waals surface area contributed by atoms with E-state index in [1.807, 2.05) is 59.7 Å². The maximum absolute atomic E-state index is 13.8. The Morgan fingerprint density at radius 2 is 1.87 bits per heavy atom. The van der Waals surface area contributed by atoms with Gasteiger partial charge in [-0.1, -0.05) is 23.4 Å². The predicted octanol–water partition coefficient (Wildman–Crippen LogP) is 5.88. The standard InChI is InChI=1S/C33H36ClN7O4/c1-19-8-7-9-22-26(42)12-25-29(28(19)22)20(13-34)14-40(25)31(44)24-16-39-15-21(10-11-27(39)36-24)35-30(43)23-17-41(38-37-23)33(5,6)18-45-32(2,3)4/h7-12,15-17,20,42H,13-14,18H2,1-6H3,(H,35,43)/t20-/m1/s1. The number of anilines is 2. The van der Waals surface area contributed by atoms with Crippen molar-refractivity contribution in [3.05, 3.63) is 77.5 Å². The number of phenolic OH excluding ortho intramolecular Hbond substituents is 1. The Balaban J connectivity index is 1.22. The van der Waals surface area contributed by atoms with Crippen LogP contribution in [-0.2, 0) is 10.3 Å². The number of hydrogen-bond acceptors (Lipinski definition) is 7. The first-order valence-electron chi connectivity index (χ1n) is 14.8. The molecule has 1 atom stereocenters. The number of hydrogen-bond donors (Lipinski definition) is 2. The Bertz CT molecular complexity index is 1960. The smallest absolute Gasteiger partial charge is 0.278 e. The van der Waals surface area contributed by atoms with Crippen molar-refractivity contribution in [2.75, 3.05) is 29.2 Å². The SMILES string of the molecule is Cc1cccc2c(O)cc3c(c12)[C@H](CCl)CN3C(=O)c1cn2cc(NC(=O)c3cn(C(C)(C)COC(C)(C)C)nn3)ccc2n1. The molecule has 11 nitrogen and oxygen atoms in total. The molecular weight excluding hydrogens is 594 g/mol. The number of carbonyl (C=O) groups excluding carboxylic acids is 2. The lowest BCUT2D eigenvalue weighted by Gasteiger charge is -2.29. The lowest BCUT2D eigenvalue weighted by Crippen LogP contribution is -2.36. The van der Waals surface area contributed by atoms with Crippen molar-refractivity contribution in [3.63, 3.8) is 0 Å². The lowest BCUT2D eigenvalue weighted by molar-refractivity contribution is -0.0420. The van der Waals surface area contributed by atoms with Gasteiger partial charge in [-0.3, -0.25) is 9.59 Å². The van der Waals surface area contributed by atoms with Gasteiger partial charge in [0.05, 0.1) is 35.3 Å². The minimum Gasteiger partial charge on any atom is -0.507 e. The zero-order chi connectivity index (χ0) is 32.3. The maximum atomic E-state index is 13.8. The highest BCUT2D eigenvalue weighted by molar-refractivity contribution is 6.19. The number of imidazole rings is 1. The molecule has 234 valence electrons. The topological polar surface area (TPSA) is 127 Å². The van der Waals surface area contributed by atoms with Gasteiger partial charge in [0.25, 0.3) is 11.8 Å². The van der Waals surface area contributed by atoms with Gasteiger partial charge in [-0.05, 0) is 70.2 Å². The third-order valence-corrected chi connectivity index (χ3v) is 8.41. The molecule has 1 aliphatic rings. The molecule has 2 aromatic carbocycles. The van der Waals surface area contributed by atoms with Gasteiger partial charge in [-0.15, -0.1) is 16.7 Å². The number of ether oxygens (including phenoxy) is 1. The second-order valence-electron chi connectivity index (χ2n) is 13.1. The molecule has 3 aromatic heterocycles. The molecule has 2 N–H and O–H groups in total. The Labute approximate surface area is 265 Å². The normalized spacial score (nSPS) is 15.2. The summed E-state index contributed by atoms with van der Waals surface area (Å²) in [6.45, 7) is 12.6. The Morgan fingerprint density at radius 1 is 1.09 bits per heavy atom. The largest absolute Gasteiger partial charge is 0.507 e. The lowest BCUT2D eigenvalue weighted by atomic mass is 9.92. The van der Waals surface area contributed by atoms with Gasteiger partial charge >= 0.3 is 0 Å². The summed E-state index contributed by atoms with van der Waals surface area (Å²) in [5.74, 6) is -0.386.